The van der Waals surface area contributed by atoms with Gasteiger partial charge in [0.2, 0.25) is 0 Å². The van der Waals surface area contributed by atoms with Crippen molar-refractivity contribution in [3.8, 4) is 0 Å². The molecule has 2 unspecified atom stereocenters. The van der Waals surface area contributed by atoms with Crippen LogP contribution in [0.15, 0.2) is 0 Å². The van der Waals surface area contributed by atoms with Gasteiger partial charge in [0.25, 0.3) is 0 Å². The van der Waals surface area contributed by atoms with Gasteiger partial charge in [-0.15, -0.1) is 0 Å². The minimum Gasteiger partial charge on any atom is -0.377 e. The maximum Gasteiger partial charge on any atom is 0.320 e. The monoisotopic (exact) mass is 230 g/mol. The molecule has 1 saturated heterocycles. The molecular weight excluding hydrogens is 208 g/mol. The third-order valence-corrected chi connectivity index (χ3v) is 3.13. The maximum absolute atomic E-state index is 12.1. The second kappa shape index (κ2) is 6.06. The second-order valence-corrected chi connectivity index (χ2v) is 3.91. The van der Waals surface area contributed by atoms with Gasteiger partial charge in [-0.1, -0.05) is 0 Å². The van der Waals surface area contributed by atoms with Crippen LogP contribution in [-0.2, 0) is 9.47 Å². The van der Waals surface area contributed by atoms with Gasteiger partial charge in [-0.05, 0) is 13.8 Å². The fraction of sp³-hybridized carbons (Fsp3) is 0.909. The molecule has 0 aromatic carbocycles. The highest BCUT2D eigenvalue weighted by atomic mass is 16.5. The van der Waals surface area contributed by atoms with Crippen molar-refractivity contribution in [3.63, 3.8) is 0 Å². The van der Waals surface area contributed by atoms with Crippen molar-refractivity contribution in [2.45, 2.75) is 26.1 Å². The molecule has 0 aliphatic carbocycles. The molecule has 1 aliphatic heterocycles. The summed E-state index contributed by atoms with van der Waals surface area (Å²) in [5, 5.41) is 0. The van der Waals surface area contributed by atoms with Gasteiger partial charge in [0.05, 0.1) is 13.1 Å². The smallest absolute Gasteiger partial charge is 0.320 e. The number of carbonyl (C=O) groups excluding carboxylic acids is 1. The number of ether oxygens (including phenoxy) is 2. The van der Waals surface area contributed by atoms with Gasteiger partial charge >= 0.3 is 6.03 Å². The van der Waals surface area contributed by atoms with Crippen molar-refractivity contribution in [1.29, 1.82) is 0 Å². The molecule has 1 rings (SSSR count). The molecule has 94 valence electrons. The quantitative estimate of drug-likeness (QED) is 0.717. The van der Waals surface area contributed by atoms with Gasteiger partial charge < -0.3 is 19.3 Å². The number of amides is 2. The average Bonchev–Trinajstić information content (AvgIpc) is 2.73. The van der Waals surface area contributed by atoms with Crippen molar-refractivity contribution in [1.82, 2.24) is 9.80 Å². The summed E-state index contributed by atoms with van der Waals surface area (Å²) in [4.78, 5) is 15.7. The molecular formula is C11H22N2O3. The average molecular weight is 230 g/mol. The zero-order valence-corrected chi connectivity index (χ0v) is 10.6. The molecule has 16 heavy (non-hydrogen) atoms. The van der Waals surface area contributed by atoms with Crippen LogP contribution in [0.1, 0.15) is 13.8 Å². The summed E-state index contributed by atoms with van der Waals surface area (Å²) < 4.78 is 10.6. The SMILES string of the molecule is CCN(CC)C(=O)N1CC(OC)C(OC)C1. The lowest BCUT2D eigenvalue weighted by Crippen LogP contribution is -2.42. The van der Waals surface area contributed by atoms with Crippen LogP contribution >= 0.6 is 0 Å². The van der Waals surface area contributed by atoms with Gasteiger partial charge in [-0.2, -0.15) is 0 Å². The van der Waals surface area contributed by atoms with E-state index in [1.807, 2.05) is 18.7 Å². The standard InChI is InChI=1S/C11H22N2O3/c1-5-12(6-2)11(14)13-7-9(15-3)10(8-13)16-4/h9-10H,5-8H2,1-4H3. The van der Waals surface area contributed by atoms with E-state index in [-0.39, 0.29) is 18.2 Å². The maximum atomic E-state index is 12.1. The Labute approximate surface area is 97.3 Å². The summed E-state index contributed by atoms with van der Waals surface area (Å²) in [7, 11) is 3.31. The molecule has 0 radical (unpaired) electrons. The molecule has 2 atom stereocenters. The molecule has 0 saturated carbocycles. The summed E-state index contributed by atoms with van der Waals surface area (Å²) in [5.74, 6) is 0. The first-order valence-corrected chi connectivity index (χ1v) is 5.77. The number of likely N-dealkylation sites (tertiary alicyclic amines) is 1. The van der Waals surface area contributed by atoms with Crippen molar-refractivity contribution in [2.75, 3.05) is 40.4 Å². The van der Waals surface area contributed by atoms with Crippen LogP contribution in [0.4, 0.5) is 4.79 Å². The molecule has 0 aromatic heterocycles. The summed E-state index contributed by atoms with van der Waals surface area (Å²) in [6.45, 7) is 6.68. The topological polar surface area (TPSA) is 42.0 Å². The zero-order chi connectivity index (χ0) is 12.1. The van der Waals surface area contributed by atoms with E-state index in [2.05, 4.69) is 0 Å². The zero-order valence-electron chi connectivity index (χ0n) is 10.6. The third kappa shape index (κ3) is 2.65. The highest BCUT2D eigenvalue weighted by molar-refractivity contribution is 5.74. The van der Waals surface area contributed by atoms with Crippen LogP contribution in [0, 0.1) is 0 Å². The van der Waals surface area contributed by atoms with Crippen LogP contribution in [-0.4, -0.2) is 68.4 Å². The molecule has 1 aliphatic rings. The number of methoxy groups -OCH3 is 2. The van der Waals surface area contributed by atoms with Crippen molar-refractivity contribution >= 4 is 6.03 Å². The predicted molar refractivity (Wildman–Crippen MR) is 61.5 cm³/mol. The van der Waals surface area contributed by atoms with E-state index in [0.717, 1.165) is 13.1 Å². The van der Waals surface area contributed by atoms with Crippen LogP contribution in [0.3, 0.4) is 0 Å². The molecule has 5 heteroatoms. The lowest BCUT2D eigenvalue weighted by Gasteiger charge is -2.25. The third-order valence-electron chi connectivity index (χ3n) is 3.13. The van der Waals surface area contributed by atoms with E-state index in [1.54, 1.807) is 19.1 Å². The van der Waals surface area contributed by atoms with Gasteiger partial charge in [-0.3, -0.25) is 0 Å². The fourth-order valence-electron chi connectivity index (χ4n) is 2.05. The lowest BCUT2D eigenvalue weighted by molar-refractivity contribution is -0.00461. The summed E-state index contributed by atoms with van der Waals surface area (Å²) in [6.07, 6.45) is -0.0194. The Morgan fingerprint density at radius 2 is 1.62 bits per heavy atom. The highest BCUT2D eigenvalue weighted by Crippen LogP contribution is 2.17. The molecule has 0 aromatic rings. The normalized spacial score (nSPS) is 24.9. The second-order valence-electron chi connectivity index (χ2n) is 3.91. The van der Waals surface area contributed by atoms with Gasteiger partial charge in [0, 0.05) is 27.3 Å². The Morgan fingerprint density at radius 3 is 1.94 bits per heavy atom. The van der Waals surface area contributed by atoms with Gasteiger partial charge in [-0.25, -0.2) is 4.79 Å². The number of nitrogens with zero attached hydrogens (tertiary/aromatic N) is 2. The summed E-state index contributed by atoms with van der Waals surface area (Å²) in [6, 6.07) is 0.0756. The molecule has 1 heterocycles. The molecule has 0 spiro atoms. The minimum absolute atomic E-state index is 0.00971. The Balaban J connectivity index is 2.59. The number of rotatable bonds is 4. The molecule has 0 N–H and O–H groups in total. The van der Waals surface area contributed by atoms with Crippen LogP contribution in [0.25, 0.3) is 0 Å². The molecule has 2 amide bonds. The molecule has 0 bridgehead atoms. The van der Waals surface area contributed by atoms with Crippen LogP contribution < -0.4 is 0 Å². The fourth-order valence-corrected chi connectivity index (χ4v) is 2.05. The lowest BCUT2D eigenvalue weighted by atomic mass is 10.3. The van der Waals surface area contributed by atoms with Crippen molar-refractivity contribution in [3.05, 3.63) is 0 Å². The predicted octanol–water partition coefficient (Wildman–Crippen LogP) is 0.794. The summed E-state index contributed by atoms with van der Waals surface area (Å²) >= 11 is 0. The van der Waals surface area contributed by atoms with Crippen LogP contribution in [0.5, 0.6) is 0 Å². The van der Waals surface area contributed by atoms with E-state index in [4.69, 9.17) is 9.47 Å². The number of carbonyl (C=O) groups is 1. The first kappa shape index (κ1) is 13.3. The first-order chi connectivity index (χ1) is 7.67. The van der Waals surface area contributed by atoms with E-state index in [0.29, 0.717) is 13.1 Å². The largest absolute Gasteiger partial charge is 0.377 e. The van der Waals surface area contributed by atoms with Crippen molar-refractivity contribution in [2.24, 2.45) is 0 Å². The Hall–Kier alpha value is -0.810. The Morgan fingerprint density at radius 1 is 1.19 bits per heavy atom. The van der Waals surface area contributed by atoms with E-state index >= 15 is 0 Å². The van der Waals surface area contributed by atoms with Gasteiger partial charge in [0.1, 0.15) is 12.2 Å². The van der Waals surface area contributed by atoms with E-state index in [1.165, 1.54) is 0 Å². The first-order valence-electron chi connectivity index (χ1n) is 5.77. The Kier molecular flexibility index (Phi) is 5.02. The summed E-state index contributed by atoms with van der Waals surface area (Å²) in [5.41, 5.74) is 0. The minimum atomic E-state index is -0.00971. The van der Waals surface area contributed by atoms with E-state index < -0.39 is 0 Å². The number of hydrogen-bond acceptors (Lipinski definition) is 3. The molecule has 5 nitrogen and oxygen atoms in total. The highest BCUT2D eigenvalue weighted by Gasteiger charge is 2.36. The van der Waals surface area contributed by atoms with Gasteiger partial charge in [0.15, 0.2) is 0 Å². The van der Waals surface area contributed by atoms with Crippen molar-refractivity contribution < 1.29 is 14.3 Å². The van der Waals surface area contributed by atoms with Crippen LogP contribution in [0.2, 0.25) is 0 Å². The number of hydrogen-bond donors (Lipinski definition) is 0. The Bertz CT molecular complexity index is 219. The van der Waals surface area contributed by atoms with E-state index in [9.17, 15) is 4.79 Å². The number of urea groups is 1. The molecule has 1 fully saturated rings.